The molecule has 78 valence electrons. The first-order valence-electron chi connectivity index (χ1n) is 5.99. The summed E-state index contributed by atoms with van der Waals surface area (Å²) in [6.45, 7) is 12.1. The summed E-state index contributed by atoms with van der Waals surface area (Å²) in [6.07, 6.45) is 5.74. The second kappa shape index (κ2) is 4.02. The van der Waals surface area contributed by atoms with Crippen molar-refractivity contribution in [3.05, 3.63) is 0 Å². The van der Waals surface area contributed by atoms with Gasteiger partial charge in [0.05, 0.1) is 0 Å². The van der Waals surface area contributed by atoms with Gasteiger partial charge in [-0.2, -0.15) is 0 Å². The molecule has 3 unspecified atom stereocenters. The zero-order chi connectivity index (χ0) is 10.1. The van der Waals surface area contributed by atoms with E-state index in [2.05, 4.69) is 34.6 Å². The molecule has 0 nitrogen and oxygen atoms in total. The highest BCUT2D eigenvalue weighted by Gasteiger charge is 2.36. The van der Waals surface area contributed by atoms with Crippen LogP contribution >= 0.6 is 0 Å². The maximum atomic E-state index is 2.49. The zero-order valence-electron chi connectivity index (χ0n) is 10.1. The molecule has 0 spiro atoms. The maximum absolute atomic E-state index is 2.49. The van der Waals surface area contributed by atoms with E-state index in [1.54, 1.807) is 0 Å². The van der Waals surface area contributed by atoms with Gasteiger partial charge in [0, 0.05) is 0 Å². The first-order valence-corrected chi connectivity index (χ1v) is 5.99. The van der Waals surface area contributed by atoms with Crippen molar-refractivity contribution in [1.82, 2.24) is 0 Å². The van der Waals surface area contributed by atoms with Gasteiger partial charge in [0.15, 0.2) is 0 Å². The summed E-state index contributed by atoms with van der Waals surface area (Å²) >= 11 is 0. The van der Waals surface area contributed by atoms with Crippen LogP contribution in [0.4, 0.5) is 0 Å². The lowest BCUT2D eigenvalue weighted by atomic mass is 9.61. The molecule has 0 N–H and O–H groups in total. The largest absolute Gasteiger partial charge is 0.0649 e. The van der Waals surface area contributed by atoms with E-state index in [1.807, 2.05) is 0 Å². The van der Waals surface area contributed by atoms with E-state index >= 15 is 0 Å². The summed E-state index contributed by atoms with van der Waals surface area (Å²) in [5.74, 6) is 2.81. The van der Waals surface area contributed by atoms with Gasteiger partial charge in [-0.05, 0) is 42.4 Å². The highest BCUT2D eigenvalue weighted by molar-refractivity contribution is 4.87. The Morgan fingerprint density at radius 3 is 2.38 bits per heavy atom. The van der Waals surface area contributed by atoms with E-state index in [4.69, 9.17) is 0 Å². The molecule has 0 saturated heterocycles. The first-order chi connectivity index (χ1) is 5.99. The Balaban J connectivity index is 2.63. The zero-order valence-corrected chi connectivity index (χ0v) is 10.1. The molecule has 0 heterocycles. The van der Waals surface area contributed by atoms with E-state index in [1.165, 1.54) is 25.7 Å². The van der Waals surface area contributed by atoms with Crippen LogP contribution in [0.2, 0.25) is 0 Å². The lowest BCUT2D eigenvalue weighted by molar-refractivity contribution is 0.0643. The lowest BCUT2D eigenvalue weighted by Crippen LogP contribution is -2.34. The average molecular weight is 182 g/mol. The van der Waals surface area contributed by atoms with Crippen molar-refractivity contribution in [3.8, 4) is 0 Å². The van der Waals surface area contributed by atoms with E-state index in [-0.39, 0.29) is 0 Å². The quantitative estimate of drug-likeness (QED) is 0.590. The van der Waals surface area contributed by atoms with Gasteiger partial charge in [0.25, 0.3) is 0 Å². The van der Waals surface area contributed by atoms with Gasteiger partial charge >= 0.3 is 0 Å². The summed E-state index contributed by atoms with van der Waals surface area (Å²) in [5.41, 5.74) is 0.632. The van der Waals surface area contributed by atoms with Gasteiger partial charge in [0.2, 0.25) is 0 Å². The van der Waals surface area contributed by atoms with Crippen molar-refractivity contribution in [2.75, 3.05) is 0 Å². The van der Waals surface area contributed by atoms with Gasteiger partial charge in [-0.1, -0.05) is 41.0 Å². The molecule has 13 heavy (non-hydrogen) atoms. The molecular formula is C13H26. The van der Waals surface area contributed by atoms with Gasteiger partial charge in [0.1, 0.15) is 0 Å². The molecule has 0 aromatic carbocycles. The van der Waals surface area contributed by atoms with Crippen LogP contribution in [0.25, 0.3) is 0 Å². The van der Waals surface area contributed by atoms with Crippen LogP contribution in [0.3, 0.4) is 0 Å². The molecule has 1 aliphatic rings. The van der Waals surface area contributed by atoms with E-state index in [0.29, 0.717) is 5.41 Å². The van der Waals surface area contributed by atoms with Crippen LogP contribution in [0.5, 0.6) is 0 Å². The van der Waals surface area contributed by atoms with Crippen LogP contribution in [-0.4, -0.2) is 0 Å². The number of hydrogen-bond donors (Lipinski definition) is 0. The number of hydrogen-bond acceptors (Lipinski definition) is 0. The fourth-order valence-corrected chi connectivity index (χ4v) is 2.78. The molecule has 1 saturated carbocycles. The molecule has 0 bridgehead atoms. The molecule has 0 aromatic heterocycles. The molecule has 0 heteroatoms. The minimum absolute atomic E-state index is 0.632. The second-order valence-corrected chi connectivity index (χ2v) is 5.69. The normalized spacial score (nSPS) is 41.1. The Bertz CT molecular complexity index is 159. The van der Waals surface area contributed by atoms with Crippen LogP contribution in [-0.2, 0) is 0 Å². The Morgan fingerprint density at radius 1 is 1.31 bits per heavy atom. The second-order valence-electron chi connectivity index (χ2n) is 5.69. The summed E-state index contributed by atoms with van der Waals surface area (Å²) in [7, 11) is 0. The average Bonchev–Trinajstić information content (AvgIpc) is 2.09. The minimum atomic E-state index is 0.632. The Kier molecular flexibility index (Phi) is 3.43. The van der Waals surface area contributed by atoms with Crippen LogP contribution in [0.15, 0.2) is 0 Å². The third-order valence-corrected chi connectivity index (χ3v) is 4.64. The van der Waals surface area contributed by atoms with E-state index in [0.717, 1.165) is 17.8 Å². The third kappa shape index (κ3) is 2.27. The Labute approximate surface area is 84.1 Å². The predicted octanol–water partition coefficient (Wildman–Crippen LogP) is 4.49. The van der Waals surface area contributed by atoms with Crippen molar-refractivity contribution in [2.45, 2.75) is 60.3 Å². The smallest absolute Gasteiger partial charge is 0.0300 e. The molecule has 1 fully saturated rings. The molecule has 0 aromatic rings. The van der Waals surface area contributed by atoms with Crippen molar-refractivity contribution < 1.29 is 0 Å². The molecule has 1 rings (SSSR count). The number of rotatable bonds is 2. The minimum Gasteiger partial charge on any atom is -0.0649 e. The SMILES string of the molecule is CCC1(C)CC(C(C)C)CCC1C. The van der Waals surface area contributed by atoms with Gasteiger partial charge in [-0.25, -0.2) is 0 Å². The summed E-state index contributed by atoms with van der Waals surface area (Å²) in [4.78, 5) is 0. The molecule has 3 atom stereocenters. The Morgan fingerprint density at radius 2 is 1.92 bits per heavy atom. The van der Waals surface area contributed by atoms with Crippen LogP contribution in [0, 0.1) is 23.2 Å². The van der Waals surface area contributed by atoms with Crippen molar-refractivity contribution in [3.63, 3.8) is 0 Å². The molecule has 0 radical (unpaired) electrons. The standard InChI is InChI=1S/C13H26/c1-6-13(5)9-12(10(2)3)8-7-11(13)4/h10-12H,6-9H2,1-5H3. The topological polar surface area (TPSA) is 0 Å². The highest BCUT2D eigenvalue weighted by Crippen LogP contribution is 2.47. The molecule has 1 aliphatic carbocycles. The first kappa shape index (κ1) is 11.1. The monoisotopic (exact) mass is 182 g/mol. The van der Waals surface area contributed by atoms with Gasteiger partial charge in [-0.3, -0.25) is 0 Å². The van der Waals surface area contributed by atoms with Crippen molar-refractivity contribution >= 4 is 0 Å². The van der Waals surface area contributed by atoms with Gasteiger partial charge < -0.3 is 0 Å². The molecule has 0 aliphatic heterocycles. The van der Waals surface area contributed by atoms with Crippen LogP contribution < -0.4 is 0 Å². The maximum Gasteiger partial charge on any atom is -0.0300 e. The van der Waals surface area contributed by atoms with Crippen molar-refractivity contribution in [1.29, 1.82) is 0 Å². The summed E-state index contributed by atoms with van der Waals surface area (Å²) in [6, 6.07) is 0. The van der Waals surface area contributed by atoms with Crippen LogP contribution in [0.1, 0.15) is 60.3 Å². The van der Waals surface area contributed by atoms with E-state index in [9.17, 15) is 0 Å². The van der Waals surface area contributed by atoms with Crippen molar-refractivity contribution in [2.24, 2.45) is 23.2 Å². The highest BCUT2D eigenvalue weighted by atomic mass is 14.4. The molecular weight excluding hydrogens is 156 g/mol. The fraction of sp³-hybridized carbons (Fsp3) is 1.00. The predicted molar refractivity (Wildman–Crippen MR) is 59.7 cm³/mol. The summed E-state index contributed by atoms with van der Waals surface area (Å²) < 4.78 is 0. The Hall–Kier alpha value is 0. The van der Waals surface area contributed by atoms with Gasteiger partial charge in [-0.15, -0.1) is 0 Å². The third-order valence-electron chi connectivity index (χ3n) is 4.64. The summed E-state index contributed by atoms with van der Waals surface area (Å²) in [5, 5.41) is 0. The lowest BCUT2D eigenvalue weighted by Gasteiger charge is -2.44. The molecule has 0 amide bonds. The van der Waals surface area contributed by atoms with E-state index < -0.39 is 0 Å². The fourth-order valence-electron chi connectivity index (χ4n) is 2.78.